The molecule has 0 spiro atoms. The summed E-state index contributed by atoms with van der Waals surface area (Å²) in [5.41, 5.74) is 2.80. The van der Waals surface area contributed by atoms with Crippen LogP contribution in [0, 0.1) is 12.7 Å². The Morgan fingerprint density at radius 2 is 1.84 bits per heavy atom. The minimum Gasteiger partial charge on any atom is -0.340 e. The van der Waals surface area contributed by atoms with E-state index in [1.54, 1.807) is 12.1 Å². The maximum atomic E-state index is 12.9. The largest absolute Gasteiger partial charge is 0.340 e. The Balaban J connectivity index is 1.70. The molecule has 0 bridgehead atoms. The van der Waals surface area contributed by atoms with Gasteiger partial charge in [-0.25, -0.2) is 9.37 Å². The smallest absolute Gasteiger partial charge is 0.257 e. The Morgan fingerprint density at radius 3 is 2.52 bits per heavy atom. The van der Waals surface area contributed by atoms with Crippen LogP contribution in [0.15, 0.2) is 60.8 Å². The number of hydrogen-bond donors (Lipinski definition) is 2. The fourth-order valence-electron chi connectivity index (χ4n) is 2.21. The van der Waals surface area contributed by atoms with E-state index in [2.05, 4.69) is 15.6 Å². The third kappa shape index (κ3) is 4.33. The average molecular weight is 356 g/mol. The van der Waals surface area contributed by atoms with Gasteiger partial charge >= 0.3 is 0 Å². The van der Waals surface area contributed by atoms with E-state index in [-0.39, 0.29) is 11.7 Å². The average Bonchev–Trinajstić information content (AvgIpc) is 2.61. The Kier molecular flexibility index (Phi) is 4.95. The number of aromatic nitrogens is 1. The molecular weight excluding hydrogens is 341 g/mol. The van der Waals surface area contributed by atoms with Crippen LogP contribution < -0.4 is 10.6 Å². The number of pyridine rings is 1. The van der Waals surface area contributed by atoms with E-state index in [1.165, 1.54) is 30.5 Å². The van der Waals surface area contributed by atoms with Gasteiger partial charge < -0.3 is 10.6 Å². The lowest BCUT2D eigenvalue weighted by atomic mass is 10.2. The minimum atomic E-state index is -0.355. The maximum Gasteiger partial charge on any atom is 0.257 e. The zero-order chi connectivity index (χ0) is 17.8. The molecule has 25 heavy (non-hydrogen) atoms. The second-order valence-corrected chi connectivity index (χ2v) is 5.91. The van der Waals surface area contributed by atoms with Gasteiger partial charge in [0.2, 0.25) is 0 Å². The van der Waals surface area contributed by atoms with Gasteiger partial charge in [-0.05, 0) is 61.0 Å². The highest BCUT2D eigenvalue weighted by Gasteiger charge is 2.08. The van der Waals surface area contributed by atoms with Crippen LogP contribution in [-0.2, 0) is 0 Å². The van der Waals surface area contributed by atoms with Crippen LogP contribution in [0.1, 0.15) is 15.9 Å². The monoisotopic (exact) mass is 355 g/mol. The van der Waals surface area contributed by atoms with Crippen molar-refractivity contribution in [3.63, 3.8) is 0 Å². The Labute approximate surface area is 149 Å². The Hall–Kier alpha value is -2.92. The third-order valence-corrected chi connectivity index (χ3v) is 3.83. The SMILES string of the molecule is Cc1ccc(Cl)cc1Nc1ccc(C(=O)Nc2ccc(F)cc2)cn1. The number of benzene rings is 2. The Morgan fingerprint density at radius 1 is 1.08 bits per heavy atom. The molecule has 1 aromatic heterocycles. The van der Waals surface area contributed by atoms with Crippen molar-refractivity contribution < 1.29 is 9.18 Å². The van der Waals surface area contributed by atoms with Crippen molar-refractivity contribution in [1.29, 1.82) is 0 Å². The van der Waals surface area contributed by atoms with Crippen LogP contribution in [0.2, 0.25) is 5.02 Å². The molecule has 6 heteroatoms. The standard InChI is InChI=1S/C19H15ClFN3O/c1-12-2-4-14(20)10-17(12)24-18-9-3-13(11-22-18)19(25)23-16-7-5-15(21)6-8-16/h2-11H,1H3,(H,22,24)(H,23,25). The first-order chi connectivity index (χ1) is 12.0. The fourth-order valence-corrected chi connectivity index (χ4v) is 2.38. The van der Waals surface area contributed by atoms with Gasteiger partial charge in [-0.1, -0.05) is 17.7 Å². The molecule has 126 valence electrons. The second-order valence-electron chi connectivity index (χ2n) is 5.48. The quantitative estimate of drug-likeness (QED) is 0.678. The number of rotatable bonds is 4. The topological polar surface area (TPSA) is 54.0 Å². The number of carbonyl (C=O) groups is 1. The number of halogens is 2. The lowest BCUT2D eigenvalue weighted by molar-refractivity contribution is 0.102. The number of nitrogens with one attached hydrogen (secondary N) is 2. The number of nitrogens with zero attached hydrogens (tertiary/aromatic N) is 1. The summed E-state index contributed by atoms with van der Waals surface area (Å²) in [5.74, 6) is -0.0697. The summed E-state index contributed by atoms with van der Waals surface area (Å²) in [6, 6.07) is 14.5. The molecule has 0 atom stereocenters. The summed E-state index contributed by atoms with van der Waals surface area (Å²) >= 11 is 6.00. The molecule has 0 unspecified atom stereocenters. The summed E-state index contributed by atoms with van der Waals surface area (Å²) in [6.07, 6.45) is 1.47. The molecule has 1 amide bonds. The van der Waals surface area contributed by atoms with Crippen LogP contribution in [0.3, 0.4) is 0 Å². The lowest BCUT2D eigenvalue weighted by Gasteiger charge is -2.10. The molecule has 2 aromatic carbocycles. The van der Waals surface area contributed by atoms with E-state index in [0.29, 0.717) is 22.1 Å². The van der Waals surface area contributed by atoms with Crippen LogP contribution >= 0.6 is 11.6 Å². The summed E-state index contributed by atoms with van der Waals surface area (Å²) in [5, 5.41) is 6.48. The predicted octanol–water partition coefficient (Wildman–Crippen LogP) is 5.18. The molecule has 0 aliphatic carbocycles. The molecule has 0 saturated carbocycles. The first-order valence-electron chi connectivity index (χ1n) is 7.57. The van der Waals surface area contributed by atoms with Crippen LogP contribution in [0.25, 0.3) is 0 Å². The van der Waals surface area contributed by atoms with Crippen molar-refractivity contribution >= 4 is 34.7 Å². The molecule has 0 radical (unpaired) electrons. The summed E-state index contributed by atoms with van der Waals surface area (Å²) < 4.78 is 12.9. The molecular formula is C19H15ClFN3O. The van der Waals surface area contributed by atoms with Gasteiger partial charge in [0.15, 0.2) is 0 Å². The molecule has 4 nitrogen and oxygen atoms in total. The normalized spacial score (nSPS) is 10.4. The number of carbonyl (C=O) groups excluding carboxylic acids is 1. The van der Waals surface area contributed by atoms with Gasteiger partial charge in [0.05, 0.1) is 5.56 Å². The van der Waals surface area contributed by atoms with E-state index < -0.39 is 0 Å². The van der Waals surface area contributed by atoms with Crippen LogP contribution in [0.5, 0.6) is 0 Å². The molecule has 0 fully saturated rings. The van der Waals surface area contributed by atoms with E-state index >= 15 is 0 Å². The number of aryl methyl sites for hydroxylation is 1. The molecule has 3 rings (SSSR count). The van der Waals surface area contributed by atoms with Gasteiger partial charge in [-0.2, -0.15) is 0 Å². The second kappa shape index (κ2) is 7.32. The van der Waals surface area contributed by atoms with Crippen LogP contribution in [0.4, 0.5) is 21.6 Å². The minimum absolute atomic E-state index is 0.315. The van der Waals surface area contributed by atoms with Crippen molar-refractivity contribution in [2.45, 2.75) is 6.92 Å². The van der Waals surface area contributed by atoms with Crippen molar-refractivity contribution in [1.82, 2.24) is 4.98 Å². The molecule has 1 heterocycles. The highest BCUT2D eigenvalue weighted by molar-refractivity contribution is 6.30. The van der Waals surface area contributed by atoms with Gasteiger partial charge in [-0.15, -0.1) is 0 Å². The first-order valence-corrected chi connectivity index (χ1v) is 7.95. The van der Waals surface area contributed by atoms with Gasteiger partial charge in [0, 0.05) is 22.6 Å². The Bertz CT molecular complexity index is 896. The van der Waals surface area contributed by atoms with E-state index in [0.717, 1.165) is 11.3 Å². The number of anilines is 3. The van der Waals surface area contributed by atoms with Crippen molar-refractivity contribution in [3.8, 4) is 0 Å². The predicted molar refractivity (Wildman–Crippen MR) is 98.1 cm³/mol. The van der Waals surface area contributed by atoms with Gasteiger partial charge in [0.25, 0.3) is 5.91 Å². The molecule has 2 N–H and O–H groups in total. The highest BCUT2D eigenvalue weighted by Crippen LogP contribution is 2.23. The lowest BCUT2D eigenvalue weighted by Crippen LogP contribution is -2.12. The summed E-state index contributed by atoms with van der Waals surface area (Å²) in [7, 11) is 0. The van der Waals surface area contributed by atoms with E-state index in [4.69, 9.17) is 11.6 Å². The van der Waals surface area contributed by atoms with Crippen molar-refractivity contribution in [3.05, 3.63) is 82.8 Å². The molecule has 3 aromatic rings. The zero-order valence-corrected chi connectivity index (χ0v) is 14.1. The van der Waals surface area contributed by atoms with Crippen molar-refractivity contribution in [2.75, 3.05) is 10.6 Å². The maximum absolute atomic E-state index is 12.9. The summed E-state index contributed by atoms with van der Waals surface area (Å²) in [6.45, 7) is 1.96. The highest BCUT2D eigenvalue weighted by atomic mass is 35.5. The molecule has 0 aliphatic rings. The van der Waals surface area contributed by atoms with E-state index in [1.807, 2.05) is 25.1 Å². The van der Waals surface area contributed by atoms with E-state index in [9.17, 15) is 9.18 Å². The first kappa shape index (κ1) is 16.9. The fraction of sp³-hybridized carbons (Fsp3) is 0.0526. The number of hydrogen-bond acceptors (Lipinski definition) is 3. The van der Waals surface area contributed by atoms with Crippen LogP contribution in [-0.4, -0.2) is 10.9 Å². The summed E-state index contributed by atoms with van der Waals surface area (Å²) in [4.78, 5) is 16.4. The number of amides is 1. The van der Waals surface area contributed by atoms with Gasteiger partial charge in [-0.3, -0.25) is 4.79 Å². The molecule has 0 saturated heterocycles. The molecule has 0 aliphatic heterocycles. The third-order valence-electron chi connectivity index (χ3n) is 3.59. The van der Waals surface area contributed by atoms with Gasteiger partial charge in [0.1, 0.15) is 11.6 Å². The zero-order valence-electron chi connectivity index (χ0n) is 13.4. The van der Waals surface area contributed by atoms with Crippen molar-refractivity contribution in [2.24, 2.45) is 0 Å².